The van der Waals surface area contributed by atoms with E-state index in [1.165, 1.54) is 51.7 Å². The molecule has 1 aliphatic rings. The maximum Gasteiger partial charge on any atom is 0.000956 e. The molecule has 0 amide bonds. The molecule has 2 N–H and O–H groups in total. The average Bonchev–Trinajstić information content (AvgIpc) is 2.29. The largest absolute Gasteiger partial charge is 0.330 e. The molecule has 0 aromatic heterocycles. The van der Waals surface area contributed by atoms with Crippen molar-refractivity contribution in [1.29, 1.82) is 0 Å². The molecule has 0 aliphatic carbocycles. The van der Waals surface area contributed by atoms with Crippen molar-refractivity contribution in [3.05, 3.63) is 0 Å². The van der Waals surface area contributed by atoms with Crippen LogP contribution in [0.1, 0.15) is 46.0 Å². The van der Waals surface area contributed by atoms with Gasteiger partial charge >= 0.3 is 0 Å². The van der Waals surface area contributed by atoms with Gasteiger partial charge in [-0.1, -0.05) is 20.3 Å². The number of hydrogen-bond donors (Lipinski definition) is 1. The minimum Gasteiger partial charge on any atom is -0.330 e. The van der Waals surface area contributed by atoms with Crippen LogP contribution in [0.5, 0.6) is 0 Å². The molecule has 2 atom stereocenters. The van der Waals surface area contributed by atoms with E-state index >= 15 is 0 Å². The van der Waals surface area contributed by atoms with Crippen LogP contribution in [0.4, 0.5) is 0 Å². The second-order valence-corrected chi connectivity index (χ2v) is 5.20. The van der Waals surface area contributed by atoms with Gasteiger partial charge in [-0.2, -0.15) is 0 Å². The molecule has 0 spiro atoms. The van der Waals surface area contributed by atoms with Crippen LogP contribution in [0.15, 0.2) is 0 Å². The van der Waals surface area contributed by atoms with Crippen molar-refractivity contribution in [3.63, 3.8) is 0 Å². The molecule has 1 aliphatic heterocycles. The number of hydrogen-bond acceptors (Lipinski definition) is 2. The van der Waals surface area contributed by atoms with Gasteiger partial charge in [0, 0.05) is 6.54 Å². The Labute approximate surface area is 95.2 Å². The van der Waals surface area contributed by atoms with E-state index in [4.69, 9.17) is 5.73 Å². The highest BCUT2D eigenvalue weighted by Crippen LogP contribution is 2.19. The molecule has 2 heteroatoms. The summed E-state index contributed by atoms with van der Waals surface area (Å²) in [5, 5.41) is 0. The summed E-state index contributed by atoms with van der Waals surface area (Å²) < 4.78 is 0. The highest BCUT2D eigenvalue weighted by molar-refractivity contribution is 4.72. The molecule has 1 rings (SSSR count). The Morgan fingerprint density at radius 3 is 2.93 bits per heavy atom. The van der Waals surface area contributed by atoms with Crippen LogP contribution in [-0.2, 0) is 0 Å². The predicted octanol–water partition coefficient (Wildman–Crippen LogP) is 2.48. The second-order valence-electron chi connectivity index (χ2n) is 5.20. The van der Waals surface area contributed by atoms with E-state index in [-0.39, 0.29) is 0 Å². The topological polar surface area (TPSA) is 29.3 Å². The first kappa shape index (κ1) is 13.0. The second kappa shape index (κ2) is 7.24. The lowest BCUT2D eigenvalue weighted by Crippen LogP contribution is -2.36. The molecule has 0 bridgehead atoms. The maximum absolute atomic E-state index is 5.62. The van der Waals surface area contributed by atoms with Crippen LogP contribution in [0.3, 0.4) is 0 Å². The summed E-state index contributed by atoms with van der Waals surface area (Å²) in [6.45, 7) is 9.38. The van der Waals surface area contributed by atoms with Gasteiger partial charge in [-0.05, 0) is 57.2 Å². The Morgan fingerprint density at radius 1 is 1.47 bits per heavy atom. The average molecular weight is 212 g/mol. The Morgan fingerprint density at radius 2 is 2.27 bits per heavy atom. The van der Waals surface area contributed by atoms with Crippen molar-refractivity contribution >= 4 is 0 Å². The lowest BCUT2D eigenvalue weighted by Gasteiger charge is -2.32. The summed E-state index contributed by atoms with van der Waals surface area (Å²) in [6.07, 6.45) is 6.84. The molecular formula is C13H28N2. The summed E-state index contributed by atoms with van der Waals surface area (Å²) >= 11 is 0. The van der Waals surface area contributed by atoms with Gasteiger partial charge in [-0.25, -0.2) is 0 Å². The van der Waals surface area contributed by atoms with Gasteiger partial charge in [0.2, 0.25) is 0 Å². The van der Waals surface area contributed by atoms with Crippen molar-refractivity contribution in [3.8, 4) is 0 Å². The van der Waals surface area contributed by atoms with Gasteiger partial charge < -0.3 is 10.6 Å². The van der Waals surface area contributed by atoms with Crippen molar-refractivity contribution in [1.82, 2.24) is 4.90 Å². The molecule has 0 saturated carbocycles. The third-order valence-corrected chi connectivity index (χ3v) is 3.75. The molecule has 1 fully saturated rings. The molecule has 15 heavy (non-hydrogen) atoms. The molecular weight excluding hydrogens is 184 g/mol. The third-order valence-electron chi connectivity index (χ3n) is 3.75. The number of rotatable bonds is 6. The first-order valence-corrected chi connectivity index (χ1v) is 6.68. The summed E-state index contributed by atoms with van der Waals surface area (Å²) in [5.41, 5.74) is 5.62. The zero-order chi connectivity index (χ0) is 11.1. The Bertz CT molecular complexity index is 159. The maximum atomic E-state index is 5.62. The summed E-state index contributed by atoms with van der Waals surface area (Å²) in [6, 6.07) is 0. The van der Waals surface area contributed by atoms with E-state index < -0.39 is 0 Å². The van der Waals surface area contributed by atoms with Gasteiger partial charge in [0.15, 0.2) is 0 Å². The van der Waals surface area contributed by atoms with Crippen LogP contribution in [0.2, 0.25) is 0 Å². The Kier molecular flexibility index (Phi) is 6.26. The van der Waals surface area contributed by atoms with E-state index in [9.17, 15) is 0 Å². The van der Waals surface area contributed by atoms with Gasteiger partial charge in [0.25, 0.3) is 0 Å². The zero-order valence-electron chi connectivity index (χ0n) is 10.5. The van der Waals surface area contributed by atoms with E-state index in [0.717, 1.165) is 12.5 Å². The highest BCUT2D eigenvalue weighted by Gasteiger charge is 2.17. The van der Waals surface area contributed by atoms with Crippen LogP contribution in [0.25, 0.3) is 0 Å². The molecule has 0 aromatic rings. The summed E-state index contributed by atoms with van der Waals surface area (Å²) in [7, 11) is 0. The lowest BCUT2D eigenvalue weighted by molar-refractivity contribution is 0.167. The molecule has 0 radical (unpaired) electrons. The molecule has 2 nitrogen and oxygen atoms in total. The molecule has 1 heterocycles. The smallest absolute Gasteiger partial charge is 0.000956 e. The monoisotopic (exact) mass is 212 g/mol. The minimum atomic E-state index is 0.705. The summed E-state index contributed by atoms with van der Waals surface area (Å²) in [4.78, 5) is 2.65. The first-order chi connectivity index (χ1) is 7.26. The highest BCUT2D eigenvalue weighted by atomic mass is 15.1. The van der Waals surface area contributed by atoms with Crippen molar-refractivity contribution in [2.24, 2.45) is 17.6 Å². The first-order valence-electron chi connectivity index (χ1n) is 6.68. The van der Waals surface area contributed by atoms with E-state index in [2.05, 4.69) is 18.7 Å². The standard InChI is InChI=1S/C13H28N2/c1-3-13-7-5-9-15(11-13)8-4-6-12(2)10-14/h12-13H,3-11,14H2,1-2H3. The van der Waals surface area contributed by atoms with Crippen molar-refractivity contribution < 1.29 is 0 Å². The lowest BCUT2D eigenvalue weighted by atomic mass is 9.95. The fourth-order valence-corrected chi connectivity index (χ4v) is 2.47. The van der Waals surface area contributed by atoms with Crippen LogP contribution in [0, 0.1) is 11.8 Å². The number of nitrogens with two attached hydrogens (primary N) is 1. The van der Waals surface area contributed by atoms with Gasteiger partial charge in [0.1, 0.15) is 0 Å². The van der Waals surface area contributed by atoms with Gasteiger partial charge in [-0.15, -0.1) is 0 Å². The summed E-state index contributed by atoms with van der Waals surface area (Å²) in [5.74, 6) is 1.67. The van der Waals surface area contributed by atoms with Crippen LogP contribution < -0.4 is 5.73 Å². The zero-order valence-corrected chi connectivity index (χ0v) is 10.5. The Hall–Kier alpha value is -0.0800. The van der Waals surface area contributed by atoms with E-state index in [1.54, 1.807) is 0 Å². The molecule has 1 saturated heterocycles. The van der Waals surface area contributed by atoms with Crippen LogP contribution >= 0.6 is 0 Å². The van der Waals surface area contributed by atoms with Crippen LogP contribution in [-0.4, -0.2) is 31.1 Å². The fraction of sp³-hybridized carbons (Fsp3) is 1.00. The number of piperidine rings is 1. The molecule has 2 unspecified atom stereocenters. The minimum absolute atomic E-state index is 0.705. The van der Waals surface area contributed by atoms with Gasteiger partial charge in [0.05, 0.1) is 0 Å². The normalized spacial score (nSPS) is 25.4. The quantitative estimate of drug-likeness (QED) is 0.733. The van der Waals surface area contributed by atoms with Crippen molar-refractivity contribution in [2.75, 3.05) is 26.2 Å². The third kappa shape index (κ3) is 4.98. The van der Waals surface area contributed by atoms with E-state index in [1.807, 2.05) is 0 Å². The Balaban J connectivity index is 2.10. The predicted molar refractivity (Wildman–Crippen MR) is 66.9 cm³/mol. The number of nitrogens with zero attached hydrogens (tertiary/aromatic N) is 1. The number of likely N-dealkylation sites (tertiary alicyclic amines) is 1. The molecule has 0 aromatic carbocycles. The van der Waals surface area contributed by atoms with Gasteiger partial charge in [-0.3, -0.25) is 0 Å². The van der Waals surface area contributed by atoms with E-state index in [0.29, 0.717) is 5.92 Å². The van der Waals surface area contributed by atoms with Crippen molar-refractivity contribution in [2.45, 2.75) is 46.0 Å². The fourth-order valence-electron chi connectivity index (χ4n) is 2.47. The molecule has 90 valence electrons. The SMILES string of the molecule is CCC1CCCN(CCCC(C)CN)C1.